The summed E-state index contributed by atoms with van der Waals surface area (Å²) in [4.78, 5) is 16.4. The molecule has 0 saturated carbocycles. The number of aromatic nitrogens is 1. The average molecular weight is 270 g/mol. The molecule has 3 aromatic rings. The second-order valence-corrected chi connectivity index (χ2v) is 5.49. The normalized spacial score (nSPS) is 10.8. The smallest absolute Gasteiger partial charge is 0.251 e. The molecule has 2 aromatic heterocycles. The number of amides is 1. The first-order chi connectivity index (χ1) is 9.24. The lowest BCUT2D eigenvalue weighted by Crippen LogP contribution is -2.22. The van der Waals surface area contributed by atoms with E-state index in [1.165, 1.54) is 10.4 Å². The number of fused-ring (bicyclic) bond motifs is 1. The lowest BCUT2D eigenvalue weighted by Gasteiger charge is -2.05. The van der Waals surface area contributed by atoms with Crippen LogP contribution in [0.3, 0.4) is 0 Å². The van der Waals surface area contributed by atoms with Gasteiger partial charge in [0, 0.05) is 27.5 Å². The number of rotatable bonds is 3. The molecule has 0 atom stereocenters. The standard InChI is InChI=1S/C15H14N2OS/c1-10-5-7-19-14(10)9-17-15(18)12-2-3-13-11(8-12)4-6-16-13/h2-8,16H,9H2,1H3,(H,17,18). The minimum absolute atomic E-state index is 0.0316. The van der Waals surface area contributed by atoms with Crippen LogP contribution < -0.4 is 5.32 Å². The molecule has 2 N–H and O–H groups in total. The SMILES string of the molecule is Cc1ccsc1CNC(=O)c1ccc2[nH]ccc2c1. The zero-order chi connectivity index (χ0) is 13.2. The van der Waals surface area contributed by atoms with Crippen molar-refractivity contribution in [2.75, 3.05) is 0 Å². The van der Waals surface area contributed by atoms with Crippen molar-refractivity contribution >= 4 is 28.1 Å². The third-order valence-corrected chi connectivity index (χ3v) is 4.22. The van der Waals surface area contributed by atoms with E-state index in [-0.39, 0.29) is 5.91 Å². The van der Waals surface area contributed by atoms with Gasteiger partial charge in [-0.2, -0.15) is 0 Å². The summed E-state index contributed by atoms with van der Waals surface area (Å²) in [6, 6.07) is 9.71. The summed E-state index contributed by atoms with van der Waals surface area (Å²) in [6.45, 7) is 2.65. The molecule has 0 aliphatic carbocycles. The Labute approximate surface area is 115 Å². The van der Waals surface area contributed by atoms with Crippen LogP contribution in [0.1, 0.15) is 20.8 Å². The van der Waals surface area contributed by atoms with Crippen LogP contribution in [0.5, 0.6) is 0 Å². The van der Waals surface area contributed by atoms with E-state index in [2.05, 4.69) is 23.3 Å². The Bertz CT molecular complexity index is 726. The van der Waals surface area contributed by atoms with Crippen molar-refractivity contribution < 1.29 is 4.79 Å². The van der Waals surface area contributed by atoms with Crippen LogP contribution in [-0.2, 0) is 6.54 Å². The number of carbonyl (C=O) groups excluding carboxylic acids is 1. The molecule has 0 fully saturated rings. The molecule has 0 spiro atoms. The van der Waals surface area contributed by atoms with Gasteiger partial charge in [0.15, 0.2) is 0 Å². The van der Waals surface area contributed by atoms with Crippen molar-refractivity contribution in [3.8, 4) is 0 Å². The highest BCUT2D eigenvalue weighted by molar-refractivity contribution is 7.10. The summed E-state index contributed by atoms with van der Waals surface area (Å²) in [5, 5.41) is 6.06. The molecule has 19 heavy (non-hydrogen) atoms. The van der Waals surface area contributed by atoms with Gasteiger partial charge in [-0.05, 0) is 48.2 Å². The van der Waals surface area contributed by atoms with Crippen molar-refractivity contribution in [2.45, 2.75) is 13.5 Å². The summed E-state index contributed by atoms with van der Waals surface area (Å²) in [7, 11) is 0. The van der Waals surface area contributed by atoms with Crippen molar-refractivity contribution in [2.24, 2.45) is 0 Å². The Morgan fingerprint density at radius 2 is 2.21 bits per heavy atom. The van der Waals surface area contributed by atoms with E-state index in [9.17, 15) is 4.79 Å². The molecule has 4 heteroatoms. The molecule has 3 nitrogen and oxygen atoms in total. The minimum Gasteiger partial charge on any atom is -0.361 e. The van der Waals surface area contributed by atoms with Gasteiger partial charge in [0.1, 0.15) is 0 Å². The Balaban J connectivity index is 1.74. The number of carbonyl (C=O) groups is 1. The third kappa shape index (κ3) is 2.39. The second-order valence-electron chi connectivity index (χ2n) is 4.49. The summed E-state index contributed by atoms with van der Waals surface area (Å²) in [5.41, 5.74) is 2.97. The first-order valence-electron chi connectivity index (χ1n) is 6.12. The van der Waals surface area contributed by atoms with Crippen LogP contribution in [0, 0.1) is 6.92 Å². The van der Waals surface area contributed by atoms with Crippen LogP contribution in [0.4, 0.5) is 0 Å². The number of nitrogens with one attached hydrogen (secondary N) is 2. The predicted octanol–water partition coefficient (Wildman–Crippen LogP) is 3.47. The van der Waals surface area contributed by atoms with E-state index in [0.29, 0.717) is 12.1 Å². The first kappa shape index (κ1) is 12.0. The number of hydrogen-bond donors (Lipinski definition) is 2. The van der Waals surface area contributed by atoms with E-state index in [4.69, 9.17) is 0 Å². The van der Waals surface area contributed by atoms with E-state index < -0.39 is 0 Å². The van der Waals surface area contributed by atoms with Crippen LogP contribution >= 0.6 is 11.3 Å². The number of hydrogen-bond acceptors (Lipinski definition) is 2. The minimum atomic E-state index is -0.0316. The molecule has 0 aliphatic heterocycles. The lowest BCUT2D eigenvalue weighted by atomic mass is 10.1. The Morgan fingerprint density at radius 1 is 1.32 bits per heavy atom. The fourth-order valence-electron chi connectivity index (χ4n) is 2.04. The summed E-state index contributed by atoms with van der Waals surface area (Å²) in [5.74, 6) is -0.0316. The Hall–Kier alpha value is -2.07. The van der Waals surface area contributed by atoms with Gasteiger partial charge in [-0.15, -0.1) is 11.3 Å². The first-order valence-corrected chi connectivity index (χ1v) is 7.00. The van der Waals surface area contributed by atoms with Gasteiger partial charge < -0.3 is 10.3 Å². The molecule has 3 rings (SSSR count). The third-order valence-electron chi connectivity index (χ3n) is 3.19. The molecule has 0 bridgehead atoms. The number of thiophene rings is 1. The van der Waals surface area contributed by atoms with Gasteiger partial charge in [-0.3, -0.25) is 4.79 Å². The Kier molecular flexibility index (Phi) is 3.09. The quantitative estimate of drug-likeness (QED) is 0.752. The average Bonchev–Trinajstić information content (AvgIpc) is 3.03. The van der Waals surface area contributed by atoms with Gasteiger partial charge >= 0.3 is 0 Å². The highest BCUT2D eigenvalue weighted by Gasteiger charge is 2.07. The largest absolute Gasteiger partial charge is 0.361 e. The van der Waals surface area contributed by atoms with E-state index in [1.54, 1.807) is 11.3 Å². The highest BCUT2D eigenvalue weighted by atomic mass is 32.1. The maximum absolute atomic E-state index is 12.1. The van der Waals surface area contributed by atoms with Gasteiger partial charge in [0.05, 0.1) is 6.54 Å². The molecule has 0 saturated heterocycles. The molecule has 2 heterocycles. The number of H-pyrrole nitrogens is 1. The van der Waals surface area contributed by atoms with Crippen LogP contribution in [0.2, 0.25) is 0 Å². The topological polar surface area (TPSA) is 44.9 Å². The van der Waals surface area contributed by atoms with Crippen molar-refractivity contribution in [1.29, 1.82) is 0 Å². The lowest BCUT2D eigenvalue weighted by molar-refractivity contribution is 0.0951. The van der Waals surface area contributed by atoms with E-state index in [0.717, 1.165) is 10.9 Å². The van der Waals surface area contributed by atoms with Crippen LogP contribution in [0.25, 0.3) is 10.9 Å². The zero-order valence-electron chi connectivity index (χ0n) is 10.6. The molecule has 0 unspecified atom stereocenters. The van der Waals surface area contributed by atoms with Crippen molar-refractivity contribution in [3.63, 3.8) is 0 Å². The second kappa shape index (κ2) is 4.90. The number of benzene rings is 1. The predicted molar refractivity (Wildman–Crippen MR) is 78.5 cm³/mol. The summed E-state index contributed by atoms with van der Waals surface area (Å²) >= 11 is 1.67. The number of aryl methyl sites for hydroxylation is 1. The molecule has 1 aromatic carbocycles. The maximum Gasteiger partial charge on any atom is 0.251 e. The summed E-state index contributed by atoms with van der Waals surface area (Å²) in [6.07, 6.45) is 1.88. The molecular formula is C15H14N2OS. The zero-order valence-corrected chi connectivity index (χ0v) is 11.4. The van der Waals surface area contributed by atoms with Crippen molar-refractivity contribution in [3.05, 3.63) is 57.9 Å². The van der Waals surface area contributed by atoms with E-state index in [1.807, 2.05) is 35.8 Å². The fraction of sp³-hybridized carbons (Fsp3) is 0.133. The molecular weight excluding hydrogens is 256 g/mol. The van der Waals surface area contributed by atoms with Crippen molar-refractivity contribution in [1.82, 2.24) is 10.3 Å². The summed E-state index contributed by atoms with van der Waals surface area (Å²) < 4.78 is 0. The molecule has 0 radical (unpaired) electrons. The molecule has 0 aliphatic rings. The Morgan fingerprint density at radius 3 is 3.00 bits per heavy atom. The van der Waals surface area contributed by atoms with Crippen LogP contribution in [-0.4, -0.2) is 10.9 Å². The molecule has 1 amide bonds. The van der Waals surface area contributed by atoms with Gasteiger partial charge in [0.25, 0.3) is 5.91 Å². The molecule has 96 valence electrons. The van der Waals surface area contributed by atoms with Gasteiger partial charge in [-0.25, -0.2) is 0 Å². The monoisotopic (exact) mass is 270 g/mol. The van der Waals surface area contributed by atoms with E-state index >= 15 is 0 Å². The highest BCUT2D eigenvalue weighted by Crippen LogP contribution is 2.16. The maximum atomic E-state index is 12.1. The number of aromatic amines is 1. The van der Waals surface area contributed by atoms with Gasteiger partial charge in [-0.1, -0.05) is 0 Å². The fourth-order valence-corrected chi connectivity index (χ4v) is 2.89. The van der Waals surface area contributed by atoms with Crippen LogP contribution in [0.15, 0.2) is 41.9 Å². The van der Waals surface area contributed by atoms with Gasteiger partial charge in [0.2, 0.25) is 0 Å².